The number of allylic oxidation sites excluding steroid dienone is 4. The molecule has 0 rings (SSSR count). The van der Waals surface area contributed by atoms with E-state index in [9.17, 15) is 19.0 Å². The van der Waals surface area contributed by atoms with Crippen LogP contribution in [0, 0.1) is 0 Å². The third-order valence-electron chi connectivity index (χ3n) is 7.45. The molecule has 2 unspecified atom stereocenters. The number of quaternary nitrogens is 1. The van der Waals surface area contributed by atoms with Gasteiger partial charge in [0.25, 0.3) is 0 Å². The molecule has 0 spiro atoms. The van der Waals surface area contributed by atoms with Crippen LogP contribution in [0.25, 0.3) is 0 Å². The topological polar surface area (TPSA) is 108 Å². The summed E-state index contributed by atoms with van der Waals surface area (Å²) in [5.41, 5.74) is 0. The first kappa shape index (κ1) is 44.5. The lowest BCUT2D eigenvalue weighted by Gasteiger charge is -2.24. The Bertz CT molecular complexity index is 855. The van der Waals surface area contributed by atoms with Crippen molar-refractivity contribution in [1.82, 2.24) is 0 Å². The summed E-state index contributed by atoms with van der Waals surface area (Å²) in [6.07, 6.45) is 28.0. The Morgan fingerprint density at radius 2 is 1.11 bits per heavy atom. The Balaban J connectivity index is 4.50. The van der Waals surface area contributed by atoms with Crippen molar-refractivity contribution in [2.75, 3.05) is 47.5 Å². The first-order valence-electron chi connectivity index (χ1n) is 18.1. The standard InChI is InChI=1S/C36H68NO8P/c1-6-8-10-12-14-16-18-20-22-24-26-28-35(38)42-32-34(33-44-46(40,41)43-31-30-37(3,4)5)45-36(39)29-27-25-23-21-19-17-15-13-11-9-7-2/h12-15,34H,6-11,16-33H2,1-5H3/p+1/b14-12-,15-13-. The second-order valence-corrected chi connectivity index (χ2v) is 14.7. The minimum atomic E-state index is -4.36. The third-order valence-corrected chi connectivity index (χ3v) is 8.44. The third kappa shape index (κ3) is 32.4. The molecule has 0 heterocycles. The van der Waals surface area contributed by atoms with Crippen LogP contribution >= 0.6 is 7.82 Å². The number of esters is 2. The molecule has 270 valence electrons. The molecule has 1 N–H and O–H groups in total. The van der Waals surface area contributed by atoms with E-state index in [1.807, 2.05) is 21.1 Å². The van der Waals surface area contributed by atoms with E-state index in [4.69, 9.17) is 18.5 Å². The average molecular weight is 675 g/mol. The van der Waals surface area contributed by atoms with Gasteiger partial charge in [0.15, 0.2) is 6.10 Å². The van der Waals surface area contributed by atoms with Crippen LogP contribution < -0.4 is 0 Å². The van der Waals surface area contributed by atoms with Crippen LogP contribution in [0.5, 0.6) is 0 Å². The zero-order valence-electron chi connectivity index (χ0n) is 30.1. The highest BCUT2D eigenvalue weighted by atomic mass is 31.2. The van der Waals surface area contributed by atoms with Gasteiger partial charge in [-0.25, -0.2) is 4.57 Å². The van der Waals surface area contributed by atoms with Crippen molar-refractivity contribution in [3.8, 4) is 0 Å². The lowest BCUT2D eigenvalue weighted by Crippen LogP contribution is -2.37. The van der Waals surface area contributed by atoms with E-state index in [-0.39, 0.29) is 32.0 Å². The monoisotopic (exact) mass is 674 g/mol. The summed E-state index contributed by atoms with van der Waals surface area (Å²) in [5, 5.41) is 0. The number of phosphoric acid groups is 1. The van der Waals surface area contributed by atoms with Crippen molar-refractivity contribution in [2.24, 2.45) is 0 Å². The molecule has 0 aliphatic rings. The fourth-order valence-electron chi connectivity index (χ4n) is 4.50. The molecule has 0 saturated heterocycles. The van der Waals surface area contributed by atoms with Crippen molar-refractivity contribution in [2.45, 2.75) is 148 Å². The molecule has 0 aromatic heterocycles. The maximum Gasteiger partial charge on any atom is 0.472 e. The van der Waals surface area contributed by atoms with Gasteiger partial charge in [0.05, 0.1) is 27.7 Å². The average Bonchev–Trinajstić information content (AvgIpc) is 2.99. The van der Waals surface area contributed by atoms with E-state index in [1.165, 1.54) is 25.7 Å². The highest BCUT2D eigenvalue weighted by molar-refractivity contribution is 7.47. The van der Waals surface area contributed by atoms with Gasteiger partial charge in [-0.05, 0) is 51.4 Å². The van der Waals surface area contributed by atoms with Gasteiger partial charge in [-0.1, -0.05) is 102 Å². The lowest BCUT2D eigenvalue weighted by molar-refractivity contribution is -0.870. The van der Waals surface area contributed by atoms with Crippen molar-refractivity contribution in [1.29, 1.82) is 0 Å². The summed E-state index contributed by atoms with van der Waals surface area (Å²) in [7, 11) is 1.46. The Labute approximate surface area is 281 Å². The number of ether oxygens (including phenoxy) is 2. The number of likely N-dealkylation sites (N-methyl/N-ethyl adjacent to an activating group) is 1. The predicted molar refractivity (Wildman–Crippen MR) is 187 cm³/mol. The SMILES string of the molecule is CCCC/C=C\CCCCCCCC(=O)OCC(COP(=O)(O)OCC[N+](C)(C)C)OC(=O)CCCCCCC/C=C\CCCC. The van der Waals surface area contributed by atoms with Gasteiger partial charge in [-0.3, -0.25) is 18.6 Å². The van der Waals surface area contributed by atoms with Gasteiger partial charge in [0.1, 0.15) is 19.8 Å². The first-order valence-corrected chi connectivity index (χ1v) is 19.6. The molecule has 0 aromatic carbocycles. The quantitative estimate of drug-likeness (QED) is 0.0247. The van der Waals surface area contributed by atoms with Gasteiger partial charge >= 0.3 is 19.8 Å². The summed E-state index contributed by atoms with van der Waals surface area (Å²) < 4.78 is 34.0. The van der Waals surface area contributed by atoms with Crippen molar-refractivity contribution < 1.29 is 42.1 Å². The molecule has 0 aliphatic heterocycles. The number of hydrogen-bond donors (Lipinski definition) is 1. The molecule has 10 heteroatoms. The van der Waals surface area contributed by atoms with Gasteiger partial charge in [-0.2, -0.15) is 0 Å². The lowest BCUT2D eigenvalue weighted by atomic mass is 10.1. The van der Waals surface area contributed by atoms with Crippen LogP contribution in [-0.4, -0.2) is 74.9 Å². The van der Waals surface area contributed by atoms with E-state index in [2.05, 4.69) is 38.2 Å². The molecule has 0 fully saturated rings. The van der Waals surface area contributed by atoms with Gasteiger partial charge in [-0.15, -0.1) is 0 Å². The summed E-state index contributed by atoms with van der Waals surface area (Å²) in [4.78, 5) is 35.0. The maximum absolute atomic E-state index is 12.6. The number of carbonyl (C=O) groups excluding carboxylic acids is 2. The van der Waals surface area contributed by atoms with Crippen LogP contribution in [0.15, 0.2) is 24.3 Å². The Kier molecular flexibility index (Phi) is 28.6. The van der Waals surface area contributed by atoms with Crippen LogP contribution in [-0.2, 0) is 32.7 Å². The van der Waals surface area contributed by atoms with Gasteiger partial charge in [0.2, 0.25) is 0 Å². The molecule has 0 saturated carbocycles. The second kappa shape index (κ2) is 29.6. The molecular weight excluding hydrogens is 605 g/mol. The fourth-order valence-corrected chi connectivity index (χ4v) is 5.24. The molecule has 0 aromatic rings. The molecular formula is C36H69NO8P+. The minimum Gasteiger partial charge on any atom is -0.462 e. The van der Waals surface area contributed by atoms with Crippen LogP contribution in [0.1, 0.15) is 142 Å². The highest BCUT2D eigenvalue weighted by Gasteiger charge is 2.27. The number of rotatable bonds is 32. The highest BCUT2D eigenvalue weighted by Crippen LogP contribution is 2.43. The Morgan fingerprint density at radius 3 is 1.61 bits per heavy atom. The maximum atomic E-state index is 12.6. The molecule has 2 atom stereocenters. The van der Waals surface area contributed by atoms with E-state index in [0.29, 0.717) is 17.4 Å². The number of hydrogen-bond acceptors (Lipinski definition) is 7. The zero-order chi connectivity index (χ0) is 34.4. The largest absolute Gasteiger partial charge is 0.472 e. The van der Waals surface area contributed by atoms with Crippen molar-refractivity contribution in [3.63, 3.8) is 0 Å². The number of phosphoric ester groups is 1. The first-order chi connectivity index (χ1) is 22.0. The Hall–Kier alpha value is -1.51. The van der Waals surface area contributed by atoms with Gasteiger partial charge < -0.3 is 18.9 Å². The molecule has 9 nitrogen and oxygen atoms in total. The number of nitrogens with zero attached hydrogens (tertiary/aromatic N) is 1. The van der Waals surface area contributed by atoms with E-state index in [1.54, 1.807) is 0 Å². The minimum absolute atomic E-state index is 0.0293. The summed E-state index contributed by atoms with van der Waals surface area (Å²) >= 11 is 0. The molecule has 0 bridgehead atoms. The predicted octanol–water partition coefficient (Wildman–Crippen LogP) is 9.24. The van der Waals surface area contributed by atoms with Crippen LogP contribution in [0.2, 0.25) is 0 Å². The van der Waals surface area contributed by atoms with E-state index < -0.39 is 26.5 Å². The van der Waals surface area contributed by atoms with Crippen molar-refractivity contribution >= 4 is 19.8 Å². The Morgan fingerprint density at radius 1 is 0.652 bits per heavy atom. The second-order valence-electron chi connectivity index (χ2n) is 13.2. The van der Waals surface area contributed by atoms with E-state index >= 15 is 0 Å². The molecule has 0 aliphatic carbocycles. The van der Waals surface area contributed by atoms with Crippen LogP contribution in [0.4, 0.5) is 0 Å². The molecule has 0 amide bonds. The van der Waals surface area contributed by atoms with Gasteiger partial charge in [0, 0.05) is 12.8 Å². The summed E-state index contributed by atoms with van der Waals surface area (Å²) in [6, 6.07) is 0. The summed E-state index contributed by atoms with van der Waals surface area (Å²) in [6.45, 7) is 4.29. The normalized spacial score (nSPS) is 14.1. The summed E-state index contributed by atoms with van der Waals surface area (Å²) in [5.74, 6) is -0.825. The smallest absolute Gasteiger partial charge is 0.462 e. The van der Waals surface area contributed by atoms with Crippen molar-refractivity contribution in [3.05, 3.63) is 24.3 Å². The molecule has 46 heavy (non-hydrogen) atoms. The zero-order valence-corrected chi connectivity index (χ0v) is 31.0. The van der Waals surface area contributed by atoms with E-state index in [0.717, 1.165) is 83.5 Å². The number of carbonyl (C=O) groups is 2. The molecule has 0 radical (unpaired) electrons. The van der Waals surface area contributed by atoms with Crippen LogP contribution in [0.3, 0.4) is 0 Å². The fraction of sp³-hybridized carbons (Fsp3) is 0.833. The number of unbranched alkanes of at least 4 members (excludes halogenated alkanes) is 14.